The van der Waals surface area contributed by atoms with Crippen LogP contribution in [0.3, 0.4) is 0 Å². The lowest BCUT2D eigenvalue weighted by atomic mass is 10.1. The van der Waals surface area contributed by atoms with Crippen molar-refractivity contribution in [3.8, 4) is 0 Å². The number of aryl methyl sites for hydroxylation is 2. The summed E-state index contributed by atoms with van der Waals surface area (Å²) >= 11 is 5.63. The number of hydrogen-bond donors (Lipinski definition) is 1. The molecule has 0 fully saturated rings. The van der Waals surface area contributed by atoms with E-state index in [9.17, 15) is 0 Å². The summed E-state index contributed by atoms with van der Waals surface area (Å²) in [5, 5.41) is 4.07. The minimum absolute atomic E-state index is 0.700. The monoisotopic (exact) mass is 322 g/mol. The predicted molar refractivity (Wildman–Crippen MR) is 99.2 cm³/mol. The molecule has 4 rings (SSSR count). The Bertz CT molecular complexity index is 913. The van der Waals surface area contributed by atoms with Gasteiger partial charge in [0, 0.05) is 18.8 Å². The Morgan fingerprint density at radius 1 is 1.13 bits per heavy atom. The van der Waals surface area contributed by atoms with Crippen LogP contribution < -0.4 is 10.2 Å². The number of imidazole rings is 1. The van der Waals surface area contributed by atoms with Gasteiger partial charge in [-0.05, 0) is 49.8 Å². The first-order valence-electron chi connectivity index (χ1n) is 7.74. The number of nitrogens with one attached hydrogen (secondary N) is 1. The molecular formula is C18H18N4S. The topological polar surface area (TPSA) is 33.1 Å². The Hall–Kier alpha value is -2.40. The molecule has 4 nitrogen and oxygen atoms in total. The van der Waals surface area contributed by atoms with Gasteiger partial charge in [-0.25, -0.2) is 4.98 Å². The minimum Gasteiger partial charge on any atom is -0.332 e. The summed E-state index contributed by atoms with van der Waals surface area (Å²) in [6.07, 6.45) is 0. The molecule has 1 aliphatic heterocycles. The van der Waals surface area contributed by atoms with Crippen LogP contribution in [-0.2, 0) is 6.54 Å². The second-order valence-corrected chi connectivity index (χ2v) is 6.34. The van der Waals surface area contributed by atoms with Gasteiger partial charge in [0.15, 0.2) is 5.11 Å². The molecule has 1 aliphatic rings. The van der Waals surface area contributed by atoms with Crippen LogP contribution >= 0.6 is 12.2 Å². The maximum atomic E-state index is 5.63. The van der Waals surface area contributed by atoms with E-state index in [0.29, 0.717) is 5.11 Å². The molecule has 0 aliphatic carbocycles. The van der Waals surface area contributed by atoms with Crippen molar-refractivity contribution in [2.24, 2.45) is 0 Å². The lowest BCUT2D eigenvalue weighted by molar-refractivity contribution is 0.829. The molecule has 5 heteroatoms. The minimum atomic E-state index is 0.700. The maximum Gasteiger partial charge on any atom is 0.213 e. The van der Waals surface area contributed by atoms with Gasteiger partial charge >= 0.3 is 0 Å². The summed E-state index contributed by atoms with van der Waals surface area (Å²) in [6.45, 7) is 5.95. The zero-order valence-electron chi connectivity index (χ0n) is 13.2. The van der Waals surface area contributed by atoms with Gasteiger partial charge in [0.1, 0.15) is 0 Å². The van der Waals surface area contributed by atoms with Gasteiger partial charge in [-0.2, -0.15) is 0 Å². The number of aromatic nitrogens is 2. The van der Waals surface area contributed by atoms with Gasteiger partial charge in [-0.1, -0.05) is 29.8 Å². The maximum absolute atomic E-state index is 5.63. The van der Waals surface area contributed by atoms with Gasteiger partial charge < -0.3 is 9.88 Å². The van der Waals surface area contributed by atoms with E-state index in [1.54, 1.807) is 0 Å². The van der Waals surface area contributed by atoms with Crippen LogP contribution in [0.25, 0.3) is 11.0 Å². The zero-order valence-corrected chi connectivity index (χ0v) is 14.0. The van der Waals surface area contributed by atoms with Crippen LogP contribution in [0.1, 0.15) is 11.1 Å². The van der Waals surface area contributed by atoms with Crippen molar-refractivity contribution in [1.29, 1.82) is 0 Å². The molecule has 2 aromatic carbocycles. The van der Waals surface area contributed by atoms with Gasteiger partial charge in [-0.15, -0.1) is 0 Å². The van der Waals surface area contributed by atoms with Crippen molar-refractivity contribution in [3.63, 3.8) is 0 Å². The molecule has 0 saturated heterocycles. The summed E-state index contributed by atoms with van der Waals surface area (Å²) in [4.78, 5) is 6.81. The number of thiocarbonyl (C=S) groups is 1. The molecule has 0 saturated carbocycles. The van der Waals surface area contributed by atoms with Crippen LogP contribution in [0.4, 0.5) is 11.6 Å². The second-order valence-electron chi connectivity index (χ2n) is 5.95. The Morgan fingerprint density at radius 2 is 1.96 bits per heavy atom. The van der Waals surface area contributed by atoms with E-state index in [2.05, 4.69) is 52.9 Å². The third-order valence-electron chi connectivity index (χ3n) is 4.29. The van der Waals surface area contributed by atoms with Crippen molar-refractivity contribution in [1.82, 2.24) is 9.55 Å². The number of benzene rings is 2. The number of rotatable bonds is 1. The van der Waals surface area contributed by atoms with Crippen molar-refractivity contribution < 1.29 is 0 Å². The fraction of sp³-hybridized carbons (Fsp3) is 0.222. The van der Waals surface area contributed by atoms with Crippen LogP contribution in [0.2, 0.25) is 0 Å². The van der Waals surface area contributed by atoms with E-state index < -0.39 is 0 Å². The van der Waals surface area contributed by atoms with Crippen molar-refractivity contribution in [2.45, 2.75) is 20.4 Å². The summed E-state index contributed by atoms with van der Waals surface area (Å²) in [5.41, 5.74) is 5.68. The molecule has 116 valence electrons. The number of hydrogen-bond acceptors (Lipinski definition) is 2. The Morgan fingerprint density at radius 3 is 2.78 bits per heavy atom. The fourth-order valence-electron chi connectivity index (χ4n) is 3.12. The third-order valence-corrected chi connectivity index (χ3v) is 4.61. The number of fused-ring (bicyclic) bond motifs is 3. The van der Waals surface area contributed by atoms with Crippen LogP contribution in [0.5, 0.6) is 0 Å². The lowest BCUT2D eigenvalue weighted by Gasteiger charge is -2.19. The first-order chi connectivity index (χ1) is 11.1. The summed E-state index contributed by atoms with van der Waals surface area (Å²) < 4.78 is 2.23. The second kappa shape index (κ2) is 5.35. The van der Waals surface area contributed by atoms with E-state index in [0.717, 1.165) is 30.2 Å². The van der Waals surface area contributed by atoms with E-state index in [1.165, 1.54) is 16.6 Å². The lowest BCUT2D eigenvalue weighted by Crippen LogP contribution is -2.33. The highest BCUT2D eigenvalue weighted by molar-refractivity contribution is 7.80. The highest BCUT2D eigenvalue weighted by Gasteiger charge is 2.26. The fourth-order valence-corrected chi connectivity index (χ4v) is 3.40. The highest BCUT2D eigenvalue weighted by atomic mass is 32.1. The largest absolute Gasteiger partial charge is 0.332 e. The van der Waals surface area contributed by atoms with Crippen LogP contribution in [0, 0.1) is 13.8 Å². The summed E-state index contributed by atoms with van der Waals surface area (Å²) in [5.74, 6) is 0.925. The number of para-hydroxylation sites is 2. The molecule has 3 aromatic rings. The van der Waals surface area contributed by atoms with Gasteiger partial charge in [0.2, 0.25) is 5.95 Å². The molecule has 0 unspecified atom stereocenters. The molecule has 0 atom stereocenters. The van der Waals surface area contributed by atoms with Crippen molar-refractivity contribution in [3.05, 3.63) is 53.6 Å². The average molecular weight is 322 g/mol. The predicted octanol–water partition coefficient (Wildman–Crippen LogP) is 3.87. The molecular weight excluding hydrogens is 304 g/mol. The Labute approximate surface area is 140 Å². The van der Waals surface area contributed by atoms with E-state index in [4.69, 9.17) is 17.2 Å². The summed E-state index contributed by atoms with van der Waals surface area (Å²) in [7, 11) is 0. The molecule has 0 bridgehead atoms. The van der Waals surface area contributed by atoms with E-state index >= 15 is 0 Å². The highest BCUT2D eigenvalue weighted by Crippen LogP contribution is 2.28. The molecule has 1 N–H and O–H groups in total. The SMILES string of the molecule is Cc1ccc(NC(=S)N2CCn3c2nc2ccccc23)c(C)c1. The van der Waals surface area contributed by atoms with Gasteiger partial charge in [-0.3, -0.25) is 4.90 Å². The molecule has 0 radical (unpaired) electrons. The molecule has 2 heterocycles. The Balaban J connectivity index is 1.64. The standard InChI is InChI=1S/C18H18N4S/c1-12-7-8-14(13(2)11-12)20-18(23)22-10-9-21-16-6-4-3-5-15(16)19-17(21)22/h3-8,11H,9-10H2,1-2H3,(H,20,23). The quantitative estimate of drug-likeness (QED) is 0.690. The van der Waals surface area contributed by atoms with Crippen molar-refractivity contribution in [2.75, 3.05) is 16.8 Å². The van der Waals surface area contributed by atoms with Gasteiger partial charge in [0.25, 0.3) is 0 Å². The number of anilines is 2. The molecule has 23 heavy (non-hydrogen) atoms. The first-order valence-corrected chi connectivity index (χ1v) is 8.15. The first kappa shape index (κ1) is 14.2. The smallest absolute Gasteiger partial charge is 0.213 e. The van der Waals surface area contributed by atoms with E-state index in [1.807, 2.05) is 18.2 Å². The van der Waals surface area contributed by atoms with Crippen LogP contribution in [-0.4, -0.2) is 21.2 Å². The van der Waals surface area contributed by atoms with Crippen LogP contribution in [0.15, 0.2) is 42.5 Å². The number of nitrogens with zero attached hydrogens (tertiary/aromatic N) is 3. The zero-order chi connectivity index (χ0) is 16.0. The van der Waals surface area contributed by atoms with Gasteiger partial charge in [0.05, 0.1) is 11.0 Å². The molecule has 1 aromatic heterocycles. The van der Waals surface area contributed by atoms with Crippen molar-refractivity contribution >= 4 is 40.0 Å². The molecule has 0 amide bonds. The summed E-state index contributed by atoms with van der Waals surface area (Å²) in [6, 6.07) is 14.5. The third kappa shape index (κ3) is 2.37. The Kier molecular flexibility index (Phi) is 3.31. The molecule has 0 spiro atoms. The normalized spacial score (nSPS) is 13.4. The average Bonchev–Trinajstić information content (AvgIpc) is 3.08. The van der Waals surface area contributed by atoms with E-state index in [-0.39, 0.29) is 0 Å².